The van der Waals surface area contributed by atoms with Gasteiger partial charge in [-0.25, -0.2) is 0 Å². The lowest BCUT2D eigenvalue weighted by atomic mass is 9.87. The molecule has 0 saturated carbocycles. The molecule has 0 aliphatic heterocycles. The van der Waals surface area contributed by atoms with E-state index < -0.39 is 5.60 Å². The second-order valence-corrected chi connectivity index (χ2v) is 7.95. The maximum atomic E-state index is 9.81. The fourth-order valence-corrected chi connectivity index (χ4v) is 2.86. The van der Waals surface area contributed by atoms with Gasteiger partial charge < -0.3 is 10.8 Å². The average molecular weight is 295 g/mol. The first kappa shape index (κ1) is 17.5. The second-order valence-electron chi connectivity index (χ2n) is 6.78. The highest BCUT2D eigenvalue weighted by Crippen LogP contribution is 2.26. The molecule has 1 aromatic rings. The highest BCUT2D eigenvalue weighted by Gasteiger charge is 2.16. The summed E-state index contributed by atoms with van der Waals surface area (Å²) in [6.07, 6.45) is 2.92. The Morgan fingerprint density at radius 3 is 2.15 bits per heavy atom. The van der Waals surface area contributed by atoms with E-state index in [0.29, 0.717) is 6.54 Å². The molecule has 0 heterocycles. The molecule has 20 heavy (non-hydrogen) atoms. The summed E-state index contributed by atoms with van der Waals surface area (Å²) in [6.45, 7) is 8.86. The Kier molecular flexibility index (Phi) is 6.56. The number of nitrogens with two attached hydrogens (primary N) is 1. The molecular weight excluding hydrogens is 266 g/mol. The third-order valence-electron chi connectivity index (χ3n) is 3.54. The first-order valence-corrected chi connectivity index (χ1v) is 8.39. The lowest BCUT2D eigenvalue weighted by molar-refractivity contribution is 0.0577. The van der Waals surface area contributed by atoms with Crippen LogP contribution in [0.15, 0.2) is 29.2 Å². The van der Waals surface area contributed by atoms with Crippen molar-refractivity contribution in [2.75, 3.05) is 12.3 Å². The lowest BCUT2D eigenvalue weighted by Crippen LogP contribution is -2.33. The Labute approximate surface area is 128 Å². The van der Waals surface area contributed by atoms with Gasteiger partial charge in [0.15, 0.2) is 0 Å². The Bertz CT molecular complexity index is 392. The van der Waals surface area contributed by atoms with Crippen LogP contribution < -0.4 is 5.73 Å². The van der Waals surface area contributed by atoms with Gasteiger partial charge in [0.05, 0.1) is 5.60 Å². The Balaban J connectivity index is 2.29. The molecule has 1 aromatic carbocycles. The quantitative estimate of drug-likeness (QED) is 0.591. The molecule has 3 N–H and O–H groups in total. The van der Waals surface area contributed by atoms with E-state index in [-0.39, 0.29) is 5.41 Å². The van der Waals surface area contributed by atoms with Crippen LogP contribution in [0.5, 0.6) is 0 Å². The number of hydrogen-bond donors (Lipinski definition) is 2. The topological polar surface area (TPSA) is 46.2 Å². The number of rotatable bonds is 7. The fraction of sp³-hybridized carbons (Fsp3) is 0.647. The van der Waals surface area contributed by atoms with Crippen LogP contribution >= 0.6 is 11.8 Å². The molecule has 2 nitrogen and oxygen atoms in total. The molecule has 1 atom stereocenters. The molecule has 0 aliphatic rings. The summed E-state index contributed by atoms with van der Waals surface area (Å²) in [6, 6.07) is 8.87. The predicted molar refractivity (Wildman–Crippen MR) is 89.4 cm³/mol. The monoisotopic (exact) mass is 295 g/mol. The minimum absolute atomic E-state index is 0.219. The third-order valence-corrected chi connectivity index (χ3v) is 4.64. The van der Waals surface area contributed by atoms with Gasteiger partial charge in [0.2, 0.25) is 0 Å². The maximum absolute atomic E-state index is 9.81. The van der Waals surface area contributed by atoms with E-state index in [4.69, 9.17) is 5.73 Å². The summed E-state index contributed by atoms with van der Waals surface area (Å²) in [7, 11) is 0. The van der Waals surface area contributed by atoms with Gasteiger partial charge in [-0.1, -0.05) is 32.9 Å². The van der Waals surface area contributed by atoms with Gasteiger partial charge in [-0.3, -0.25) is 0 Å². The highest BCUT2D eigenvalue weighted by molar-refractivity contribution is 7.99. The molecule has 1 rings (SSSR count). The van der Waals surface area contributed by atoms with Crippen molar-refractivity contribution >= 4 is 11.8 Å². The normalized spacial score (nSPS) is 15.1. The van der Waals surface area contributed by atoms with E-state index in [9.17, 15) is 5.11 Å². The molecule has 3 heteroatoms. The Morgan fingerprint density at radius 1 is 1.05 bits per heavy atom. The second kappa shape index (κ2) is 7.48. The van der Waals surface area contributed by atoms with Gasteiger partial charge in [-0.05, 0) is 55.1 Å². The zero-order valence-electron chi connectivity index (χ0n) is 13.3. The zero-order valence-corrected chi connectivity index (χ0v) is 14.1. The van der Waals surface area contributed by atoms with Crippen molar-refractivity contribution in [1.82, 2.24) is 0 Å². The van der Waals surface area contributed by atoms with E-state index in [0.717, 1.165) is 25.0 Å². The highest BCUT2D eigenvalue weighted by atomic mass is 32.2. The van der Waals surface area contributed by atoms with Gasteiger partial charge in [0.25, 0.3) is 0 Å². The Morgan fingerprint density at radius 2 is 1.65 bits per heavy atom. The van der Waals surface area contributed by atoms with Crippen molar-refractivity contribution in [2.45, 2.75) is 62.9 Å². The Hall–Kier alpha value is -0.510. The van der Waals surface area contributed by atoms with Crippen molar-refractivity contribution in [3.8, 4) is 0 Å². The molecule has 0 bridgehead atoms. The molecule has 0 radical (unpaired) electrons. The van der Waals surface area contributed by atoms with Crippen LogP contribution in [0.25, 0.3) is 0 Å². The van der Waals surface area contributed by atoms with Gasteiger partial charge in [0.1, 0.15) is 0 Å². The van der Waals surface area contributed by atoms with Crippen LogP contribution in [-0.4, -0.2) is 23.0 Å². The molecule has 114 valence electrons. The molecular formula is C17H29NOS. The van der Waals surface area contributed by atoms with Crippen molar-refractivity contribution in [3.05, 3.63) is 29.8 Å². The average Bonchev–Trinajstić information content (AvgIpc) is 2.38. The molecule has 0 aliphatic carbocycles. The summed E-state index contributed by atoms with van der Waals surface area (Å²) in [5.41, 5.74) is 6.41. The molecule has 0 amide bonds. The van der Waals surface area contributed by atoms with E-state index >= 15 is 0 Å². The van der Waals surface area contributed by atoms with Crippen LogP contribution in [0.4, 0.5) is 0 Å². The van der Waals surface area contributed by atoms with E-state index in [1.807, 2.05) is 18.7 Å². The van der Waals surface area contributed by atoms with Crippen molar-refractivity contribution in [1.29, 1.82) is 0 Å². The summed E-state index contributed by atoms with van der Waals surface area (Å²) in [5, 5.41) is 9.81. The van der Waals surface area contributed by atoms with E-state index in [1.54, 1.807) is 0 Å². The number of unbranched alkanes of at least 4 members (excludes halogenated alkanes) is 1. The van der Waals surface area contributed by atoms with Crippen molar-refractivity contribution in [2.24, 2.45) is 5.73 Å². The van der Waals surface area contributed by atoms with Gasteiger partial charge in [0, 0.05) is 11.4 Å². The molecule has 0 saturated heterocycles. The summed E-state index contributed by atoms with van der Waals surface area (Å²) in [5.74, 6) is 1.09. The molecule has 0 spiro atoms. The minimum atomic E-state index is -0.695. The van der Waals surface area contributed by atoms with Gasteiger partial charge in [-0.15, -0.1) is 11.8 Å². The first-order chi connectivity index (χ1) is 9.24. The summed E-state index contributed by atoms with van der Waals surface area (Å²) in [4.78, 5) is 1.32. The van der Waals surface area contributed by atoms with E-state index in [2.05, 4.69) is 45.0 Å². The number of benzene rings is 1. The zero-order chi connectivity index (χ0) is 15.2. The fourth-order valence-electron chi connectivity index (χ4n) is 1.95. The third kappa shape index (κ3) is 6.29. The standard InChI is InChI=1S/C17H29NOS/c1-16(2,3)14-7-9-15(10-8-14)20-12-6-5-11-17(4,19)13-18/h7-10,19H,5-6,11-13,18H2,1-4H3. The van der Waals surface area contributed by atoms with E-state index in [1.165, 1.54) is 10.5 Å². The summed E-state index contributed by atoms with van der Waals surface area (Å²) < 4.78 is 0. The SMILES string of the molecule is CC(O)(CN)CCCCSc1ccc(C(C)(C)C)cc1. The smallest absolute Gasteiger partial charge is 0.0741 e. The molecule has 1 unspecified atom stereocenters. The first-order valence-electron chi connectivity index (χ1n) is 7.40. The van der Waals surface area contributed by atoms with Gasteiger partial charge >= 0.3 is 0 Å². The molecule has 0 aromatic heterocycles. The largest absolute Gasteiger partial charge is 0.389 e. The van der Waals surface area contributed by atoms with Crippen molar-refractivity contribution < 1.29 is 5.11 Å². The van der Waals surface area contributed by atoms with Crippen LogP contribution in [0.3, 0.4) is 0 Å². The van der Waals surface area contributed by atoms with Crippen molar-refractivity contribution in [3.63, 3.8) is 0 Å². The maximum Gasteiger partial charge on any atom is 0.0741 e. The lowest BCUT2D eigenvalue weighted by Gasteiger charge is -2.20. The number of aliphatic hydroxyl groups is 1. The van der Waals surface area contributed by atoms with Gasteiger partial charge in [-0.2, -0.15) is 0 Å². The van der Waals surface area contributed by atoms with Crippen LogP contribution in [0.2, 0.25) is 0 Å². The summed E-state index contributed by atoms with van der Waals surface area (Å²) >= 11 is 1.89. The van der Waals surface area contributed by atoms with Crippen LogP contribution in [-0.2, 0) is 5.41 Å². The van der Waals surface area contributed by atoms with Crippen LogP contribution in [0.1, 0.15) is 52.5 Å². The van der Waals surface area contributed by atoms with Crippen LogP contribution in [0, 0.1) is 0 Å². The number of hydrogen-bond acceptors (Lipinski definition) is 3. The number of thioether (sulfide) groups is 1. The molecule has 0 fully saturated rings. The predicted octanol–water partition coefficient (Wildman–Crippen LogP) is 3.96. The minimum Gasteiger partial charge on any atom is -0.389 e.